The SMILES string of the molecule is CC(C)(C)OC(=O)N1CCC(N2CC(CO)OC2=O)CC1C(=N)N. The van der Waals surface area contributed by atoms with Crippen molar-refractivity contribution in [1.29, 1.82) is 5.41 Å². The molecule has 3 atom stereocenters. The van der Waals surface area contributed by atoms with Gasteiger partial charge in [0.25, 0.3) is 0 Å². The number of likely N-dealkylation sites (tertiary alicyclic amines) is 1. The molecule has 9 heteroatoms. The Bertz CT molecular complexity index is 518. The highest BCUT2D eigenvalue weighted by molar-refractivity contribution is 5.87. The number of carbonyl (C=O) groups is 2. The van der Waals surface area contributed by atoms with Crippen molar-refractivity contribution in [2.75, 3.05) is 19.7 Å². The second-order valence-electron chi connectivity index (χ2n) is 7.16. The fraction of sp³-hybridized carbons (Fsp3) is 0.800. The summed E-state index contributed by atoms with van der Waals surface area (Å²) in [5, 5.41) is 16.9. The third-order valence-corrected chi connectivity index (χ3v) is 4.11. The van der Waals surface area contributed by atoms with Gasteiger partial charge in [-0.15, -0.1) is 0 Å². The Morgan fingerprint density at radius 3 is 2.67 bits per heavy atom. The van der Waals surface area contributed by atoms with Gasteiger partial charge >= 0.3 is 12.2 Å². The van der Waals surface area contributed by atoms with Crippen LogP contribution in [0.5, 0.6) is 0 Å². The van der Waals surface area contributed by atoms with E-state index < -0.39 is 29.9 Å². The molecule has 2 heterocycles. The highest BCUT2D eigenvalue weighted by Gasteiger charge is 2.42. The highest BCUT2D eigenvalue weighted by atomic mass is 16.6. The van der Waals surface area contributed by atoms with Crippen molar-refractivity contribution < 1.29 is 24.2 Å². The number of aliphatic hydroxyl groups excluding tert-OH is 1. The molecule has 0 aromatic heterocycles. The van der Waals surface area contributed by atoms with E-state index in [0.29, 0.717) is 25.9 Å². The van der Waals surface area contributed by atoms with Crippen LogP contribution < -0.4 is 5.73 Å². The number of aliphatic hydroxyl groups is 1. The molecule has 2 saturated heterocycles. The molecule has 2 rings (SSSR count). The number of nitrogens with zero attached hydrogens (tertiary/aromatic N) is 2. The Kier molecular flexibility index (Phi) is 5.22. The van der Waals surface area contributed by atoms with Gasteiger partial charge in [0.15, 0.2) is 0 Å². The van der Waals surface area contributed by atoms with Crippen molar-refractivity contribution in [1.82, 2.24) is 9.80 Å². The molecule has 4 N–H and O–H groups in total. The molecule has 0 aromatic carbocycles. The van der Waals surface area contributed by atoms with Crippen molar-refractivity contribution in [3.8, 4) is 0 Å². The summed E-state index contributed by atoms with van der Waals surface area (Å²) in [7, 11) is 0. The van der Waals surface area contributed by atoms with E-state index in [1.54, 1.807) is 25.7 Å². The molecule has 9 nitrogen and oxygen atoms in total. The molecule has 0 bridgehead atoms. The van der Waals surface area contributed by atoms with Crippen LogP contribution in [-0.4, -0.2) is 76.4 Å². The summed E-state index contributed by atoms with van der Waals surface area (Å²) < 4.78 is 10.4. The minimum absolute atomic E-state index is 0.142. The van der Waals surface area contributed by atoms with Gasteiger partial charge in [0, 0.05) is 12.6 Å². The molecule has 2 aliphatic heterocycles. The van der Waals surface area contributed by atoms with Crippen LogP contribution in [0.15, 0.2) is 0 Å². The molecule has 0 spiro atoms. The second-order valence-corrected chi connectivity index (χ2v) is 7.16. The van der Waals surface area contributed by atoms with Crippen LogP contribution >= 0.6 is 0 Å². The summed E-state index contributed by atoms with van der Waals surface area (Å²) in [5.41, 5.74) is 5.03. The Hall–Kier alpha value is -2.03. The highest BCUT2D eigenvalue weighted by Crippen LogP contribution is 2.27. The number of carbonyl (C=O) groups excluding carboxylic acids is 2. The van der Waals surface area contributed by atoms with Gasteiger partial charge in [-0.3, -0.25) is 10.3 Å². The van der Waals surface area contributed by atoms with Crippen LogP contribution in [0.1, 0.15) is 33.6 Å². The van der Waals surface area contributed by atoms with E-state index in [2.05, 4.69) is 0 Å². The van der Waals surface area contributed by atoms with Gasteiger partial charge in [-0.2, -0.15) is 0 Å². The first-order valence-corrected chi connectivity index (χ1v) is 8.04. The molecule has 3 unspecified atom stereocenters. The number of cyclic esters (lactones) is 1. The third kappa shape index (κ3) is 4.08. The fourth-order valence-electron chi connectivity index (χ4n) is 3.00. The number of nitrogens with one attached hydrogen (secondary N) is 1. The lowest BCUT2D eigenvalue weighted by Gasteiger charge is -2.41. The maximum absolute atomic E-state index is 12.3. The molecule has 24 heavy (non-hydrogen) atoms. The summed E-state index contributed by atoms with van der Waals surface area (Å²) in [6.07, 6.45) is -0.638. The fourth-order valence-corrected chi connectivity index (χ4v) is 3.00. The first-order chi connectivity index (χ1) is 11.1. The van der Waals surface area contributed by atoms with Crippen LogP contribution in [-0.2, 0) is 9.47 Å². The van der Waals surface area contributed by atoms with Crippen LogP contribution in [0.4, 0.5) is 9.59 Å². The molecule has 2 amide bonds. The van der Waals surface area contributed by atoms with Crippen molar-refractivity contribution in [2.45, 2.75) is 57.4 Å². The van der Waals surface area contributed by atoms with Crippen molar-refractivity contribution in [2.24, 2.45) is 5.73 Å². The minimum atomic E-state index is -0.637. The van der Waals surface area contributed by atoms with E-state index in [-0.39, 0.29) is 18.5 Å². The lowest BCUT2D eigenvalue weighted by atomic mass is 9.95. The quantitative estimate of drug-likeness (QED) is 0.506. The van der Waals surface area contributed by atoms with Crippen LogP contribution in [0.25, 0.3) is 0 Å². The standard InChI is InChI=1S/C15H26N4O5/c1-15(2,3)24-14(22)18-5-4-9(6-11(18)12(16)17)19-7-10(8-20)23-13(19)21/h9-11,20H,4-8H2,1-3H3,(H3,16,17). The van der Waals surface area contributed by atoms with Crippen LogP contribution in [0.3, 0.4) is 0 Å². The van der Waals surface area contributed by atoms with Gasteiger partial charge in [0.2, 0.25) is 0 Å². The summed E-state index contributed by atoms with van der Waals surface area (Å²) in [6.45, 7) is 5.73. The number of ether oxygens (including phenoxy) is 2. The van der Waals surface area contributed by atoms with Crippen molar-refractivity contribution >= 4 is 18.0 Å². The summed E-state index contributed by atoms with van der Waals surface area (Å²) in [6, 6.07) is -0.818. The number of piperidine rings is 1. The maximum atomic E-state index is 12.3. The number of rotatable bonds is 3. The molecule has 2 aliphatic rings. The van der Waals surface area contributed by atoms with Crippen molar-refractivity contribution in [3.05, 3.63) is 0 Å². The topological polar surface area (TPSA) is 129 Å². The van der Waals surface area contributed by atoms with E-state index in [0.717, 1.165) is 0 Å². The lowest BCUT2D eigenvalue weighted by Crippen LogP contribution is -2.57. The number of amides is 2. The third-order valence-electron chi connectivity index (χ3n) is 4.11. The van der Waals surface area contributed by atoms with Crippen LogP contribution in [0, 0.1) is 5.41 Å². The number of hydrogen-bond donors (Lipinski definition) is 3. The molecule has 136 valence electrons. The molecular formula is C15H26N4O5. The zero-order valence-corrected chi connectivity index (χ0v) is 14.3. The van der Waals surface area contributed by atoms with E-state index in [1.807, 2.05) is 0 Å². The lowest BCUT2D eigenvalue weighted by molar-refractivity contribution is 0.0105. The zero-order valence-electron chi connectivity index (χ0n) is 14.3. The predicted molar refractivity (Wildman–Crippen MR) is 85.7 cm³/mol. The molecular weight excluding hydrogens is 316 g/mol. The summed E-state index contributed by atoms with van der Waals surface area (Å²) >= 11 is 0. The maximum Gasteiger partial charge on any atom is 0.410 e. The Morgan fingerprint density at radius 1 is 1.50 bits per heavy atom. The van der Waals surface area contributed by atoms with Crippen molar-refractivity contribution in [3.63, 3.8) is 0 Å². The molecule has 2 fully saturated rings. The smallest absolute Gasteiger partial charge is 0.410 e. The van der Waals surface area contributed by atoms with E-state index in [4.69, 9.17) is 25.7 Å². The number of nitrogens with two attached hydrogens (primary N) is 1. The van der Waals surface area contributed by atoms with Gasteiger partial charge in [0.05, 0.1) is 19.2 Å². The zero-order chi connectivity index (χ0) is 18.1. The molecule has 0 radical (unpaired) electrons. The molecule has 0 saturated carbocycles. The van der Waals surface area contributed by atoms with E-state index in [1.165, 1.54) is 4.90 Å². The van der Waals surface area contributed by atoms with Crippen LogP contribution in [0.2, 0.25) is 0 Å². The average molecular weight is 342 g/mol. The van der Waals surface area contributed by atoms with E-state index in [9.17, 15) is 9.59 Å². The molecule has 0 aromatic rings. The van der Waals surface area contributed by atoms with Gasteiger partial charge in [-0.05, 0) is 33.6 Å². The predicted octanol–water partition coefficient (Wildman–Crippen LogP) is 0.504. The first kappa shape index (κ1) is 18.3. The Labute approximate surface area is 141 Å². The van der Waals surface area contributed by atoms with Gasteiger partial charge in [-0.1, -0.05) is 0 Å². The largest absolute Gasteiger partial charge is 0.444 e. The Morgan fingerprint density at radius 2 is 2.17 bits per heavy atom. The minimum Gasteiger partial charge on any atom is -0.444 e. The molecule has 0 aliphatic carbocycles. The van der Waals surface area contributed by atoms with Gasteiger partial charge < -0.3 is 25.2 Å². The summed E-state index contributed by atoms with van der Waals surface area (Å²) in [4.78, 5) is 27.2. The number of hydrogen-bond acceptors (Lipinski definition) is 6. The van der Waals surface area contributed by atoms with Gasteiger partial charge in [0.1, 0.15) is 17.5 Å². The normalized spacial score (nSPS) is 27.8. The average Bonchev–Trinajstić information content (AvgIpc) is 2.86. The second kappa shape index (κ2) is 6.84. The first-order valence-electron chi connectivity index (χ1n) is 8.04. The van der Waals surface area contributed by atoms with Gasteiger partial charge in [-0.25, -0.2) is 9.59 Å². The summed E-state index contributed by atoms with van der Waals surface area (Å²) in [5.74, 6) is -0.142. The number of amidine groups is 1. The monoisotopic (exact) mass is 342 g/mol. The van der Waals surface area contributed by atoms with E-state index >= 15 is 0 Å². The Balaban J connectivity index is 2.07.